The molecule has 0 radical (unpaired) electrons. The molecule has 4 nitrogen and oxygen atoms in total. The summed E-state index contributed by atoms with van der Waals surface area (Å²) in [5.41, 5.74) is -1.29. The number of benzene rings is 4. The second-order valence-corrected chi connectivity index (χ2v) is 11.2. The summed E-state index contributed by atoms with van der Waals surface area (Å²) in [6.45, 7) is 3.76. The lowest BCUT2D eigenvalue weighted by Crippen LogP contribution is -2.41. The summed E-state index contributed by atoms with van der Waals surface area (Å²) in [6, 6.07) is 32.9. The van der Waals surface area contributed by atoms with Crippen molar-refractivity contribution in [1.29, 1.82) is 0 Å². The van der Waals surface area contributed by atoms with Gasteiger partial charge in [-0.05, 0) is 41.3 Å². The molecule has 0 spiro atoms. The smallest absolute Gasteiger partial charge is 0.366 e. The zero-order chi connectivity index (χ0) is 29.4. The van der Waals surface area contributed by atoms with E-state index in [1.807, 2.05) is 26.0 Å². The van der Waals surface area contributed by atoms with Crippen molar-refractivity contribution in [3.8, 4) is 23.5 Å². The van der Waals surface area contributed by atoms with Gasteiger partial charge in [0.15, 0.2) is 0 Å². The van der Waals surface area contributed by atoms with E-state index in [0.29, 0.717) is 0 Å². The van der Waals surface area contributed by atoms with Gasteiger partial charge in [0.05, 0.1) is 10.6 Å². The normalized spacial score (nSPS) is 12.9. The summed E-state index contributed by atoms with van der Waals surface area (Å²) in [6.07, 6.45) is -0.165. The maximum Gasteiger partial charge on any atom is 0.433 e. The summed E-state index contributed by atoms with van der Waals surface area (Å²) in [7, 11) is -3.92. The molecule has 0 amide bonds. The van der Waals surface area contributed by atoms with E-state index in [-0.39, 0.29) is 23.0 Å². The standard InChI is InChI=1S/C20H20F3NO3S.C12H10/c1-4-19(25,20(21,22)23)16-10-12-17(13-11-16)24(14-15(2)3)28(26,27)18-8-6-5-7-9-18;1-3-7-11(8-4-1)12-9-5-2-6-10-12/h1,5-13,15,25H,14H2,2-3H3;1-10H. The quantitative estimate of drug-likeness (QED) is 0.240. The van der Waals surface area contributed by atoms with E-state index in [9.17, 15) is 26.7 Å². The Bertz CT molecular complexity index is 1460. The molecule has 0 aliphatic heterocycles. The van der Waals surface area contributed by atoms with Gasteiger partial charge in [-0.25, -0.2) is 8.42 Å². The van der Waals surface area contributed by atoms with E-state index in [1.54, 1.807) is 18.2 Å². The third-order valence-corrected chi connectivity index (χ3v) is 7.74. The minimum Gasteiger partial charge on any atom is -0.366 e. The lowest BCUT2D eigenvalue weighted by molar-refractivity contribution is -0.240. The first kappa shape index (κ1) is 30.5. The zero-order valence-electron chi connectivity index (χ0n) is 22.1. The van der Waals surface area contributed by atoms with Crippen LogP contribution in [0.5, 0.6) is 0 Å². The Hall–Kier alpha value is -4.06. The molecular formula is C32H30F3NO3S. The van der Waals surface area contributed by atoms with Crippen LogP contribution in [0.25, 0.3) is 11.1 Å². The molecule has 4 aromatic rings. The second kappa shape index (κ2) is 12.9. The average Bonchev–Trinajstić information content (AvgIpc) is 2.96. The minimum absolute atomic E-state index is 0.0454. The van der Waals surface area contributed by atoms with Crippen LogP contribution in [-0.4, -0.2) is 26.2 Å². The highest BCUT2D eigenvalue weighted by Crippen LogP contribution is 2.39. The molecule has 8 heteroatoms. The third-order valence-electron chi connectivity index (χ3n) is 5.94. The molecule has 0 saturated heterocycles. The lowest BCUT2D eigenvalue weighted by atomic mass is 9.94. The number of halogens is 3. The fraction of sp³-hybridized carbons (Fsp3) is 0.188. The number of sulfonamides is 1. The molecule has 1 atom stereocenters. The largest absolute Gasteiger partial charge is 0.433 e. The Morgan fingerprint density at radius 2 is 1.20 bits per heavy atom. The highest BCUT2D eigenvalue weighted by Gasteiger charge is 2.54. The maximum absolute atomic E-state index is 13.1. The molecule has 0 aromatic heterocycles. The molecule has 208 valence electrons. The van der Waals surface area contributed by atoms with Crippen molar-refractivity contribution in [1.82, 2.24) is 0 Å². The fourth-order valence-corrected chi connectivity index (χ4v) is 5.50. The predicted molar refractivity (Wildman–Crippen MR) is 153 cm³/mol. The summed E-state index contributed by atoms with van der Waals surface area (Å²) in [4.78, 5) is 0.0650. The molecule has 0 saturated carbocycles. The van der Waals surface area contributed by atoms with Gasteiger partial charge in [-0.3, -0.25) is 4.31 Å². The Labute approximate surface area is 233 Å². The van der Waals surface area contributed by atoms with Crippen molar-refractivity contribution in [2.45, 2.75) is 30.5 Å². The number of hydrogen-bond acceptors (Lipinski definition) is 3. The molecule has 0 heterocycles. The number of terminal acetylenes is 1. The van der Waals surface area contributed by atoms with Crippen molar-refractivity contribution < 1.29 is 26.7 Å². The van der Waals surface area contributed by atoms with Gasteiger partial charge in [0.1, 0.15) is 0 Å². The van der Waals surface area contributed by atoms with E-state index in [4.69, 9.17) is 6.42 Å². The van der Waals surface area contributed by atoms with Crippen LogP contribution in [-0.2, 0) is 15.6 Å². The van der Waals surface area contributed by atoms with Crippen molar-refractivity contribution in [3.05, 3.63) is 121 Å². The second-order valence-electron chi connectivity index (χ2n) is 9.37. The minimum atomic E-state index is -5.07. The van der Waals surface area contributed by atoms with E-state index >= 15 is 0 Å². The number of anilines is 1. The maximum atomic E-state index is 13.1. The van der Waals surface area contributed by atoms with Crippen molar-refractivity contribution in [2.24, 2.45) is 5.92 Å². The van der Waals surface area contributed by atoms with Crippen LogP contribution < -0.4 is 4.31 Å². The topological polar surface area (TPSA) is 57.6 Å². The molecule has 0 fully saturated rings. The van der Waals surface area contributed by atoms with Gasteiger partial charge in [-0.1, -0.05) is 111 Å². The number of rotatable bonds is 7. The average molecular weight is 566 g/mol. The highest BCUT2D eigenvalue weighted by molar-refractivity contribution is 7.92. The number of alkyl halides is 3. The van der Waals surface area contributed by atoms with Crippen LogP contribution in [0, 0.1) is 18.3 Å². The molecule has 0 bridgehead atoms. The number of hydrogen-bond donors (Lipinski definition) is 1. The third kappa shape index (κ3) is 7.12. The summed E-state index contributed by atoms with van der Waals surface area (Å²) >= 11 is 0. The Morgan fingerprint density at radius 3 is 1.57 bits per heavy atom. The van der Waals surface area contributed by atoms with Crippen molar-refractivity contribution >= 4 is 15.7 Å². The highest BCUT2D eigenvalue weighted by atomic mass is 32.2. The van der Waals surface area contributed by atoms with Gasteiger partial charge in [0, 0.05) is 12.1 Å². The van der Waals surface area contributed by atoms with Crippen LogP contribution in [0.1, 0.15) is 19.4 Å². The molecule has 1 N–H and O–H groups in total. The van der Waals surface area contributed by atoms with Gasteiger partial charge in [0.2, 0.25) is 5.60 Å². The van der Waals surface area contributed by atoms with Crippen molar-refractivity contribution in [3.63, 3.8) is 0 Å². The summed E-state index contributed by atoms with van der Waals surface area (Å²) < 4.78 is 66.6. The molecule has 1 unspecified atom stereocenters. The van der Waals surface area contributed by atoms with E-state index < -0.39 is 27.4 Å². The lowest BCUT2D eigenvalue weighted by Gasteiger charge is -2.28. The molecule has 0 aliphatic carbocycles. The first-order valence-electron chi connectivity index (χ1n) is 12.5. The summed E-state index contributed by atoms with van der Waals surface area (Å²) in [5.74, 6) is 1.32. The fourth-order valence-electron chi connectivity index (χ4n) is 3.85. The van der Waals surface area contributed by atoms with E-state index in [1.165, 1.54) is 41.3 Å². The van der Waals surface area contributed by atoms with Gasteiger partial charge >= 0.3 is 6.18 Å². The summed E-state index contributed by atoms with van der Waals surface area (Å²) in [5, 5.41) is 9.85. The molecule has 40 heavy (non-hydrogen) atoms. The van der Waals surface area contributed by atoms with Gasteiger partial charge < -0.3 is 5.11 Å². The molecular weight excluding hydrogens is 535 g/mol. The van der Waals surface area contributed by atoms with Crippen LogP contribution >= 0.6 is 0 Å². The first-order valence-corrected chi connectivity index (χ1v) is 13.9. The van der Waals surface area contributed by atoms with Gasteiger partial charge in [0.25, 0.3) is 10.0 Å². The Morgan fingerprint density at radius 1 is 0.775 bits per heavy atom. The molecule has 4 aromatic carbocycles. The number of nitrogens with zero attached hydrogens (tertiary/aromatic N) is 1. The van der Waals surface area contributed by atoms with Gasteiger partial charge in [-0.2, -0.15) is 13.2 Å². The van der Waals surface area contributed by atoms with Crippen LogP contribution in [0.3, 0.4) is 0 Å². The molecule has 4 rings (SSSR count). The van der Waals surface area contributed by atoms with Crippen LogP contribution in [0.2, 0.25) is 0 Å². The van der Waals surface area contributed by atoms with Crippen LogP contribution in [0.15, 0.2) is 120 Å². The van der Waals surface area contributed by atoms with Crippen molar-refractivity contribution in [2.75, 3.05) is 10.8 Å². The zero-order valence-corrected chi connectivity index (χ0v) is 22.9. The Kier molecular flexibility index (Phi) is 9.80. The molecule has 0 aliphatic rings. The monoisotopic (exact) mass is 565 g/mol. The van der Waals surface area contributed by atoms with Gasteiger partial charge in [-0.15, -0.1) is 6.42 Å². The first-order chi connectivity index (χ1) is 18.9. The van der Waals surface area contributed by atoms with Crippen LogP contribution in [0.4, 0.5) is 18.9 Å². The van der Waals surface area contributed by atoms with E-state index in [2.05, 4.69) is 48.5 Å². The SMILES string of the molecule is C#CC(O)(c1ccc(N(CC(C)C)S(=O)(=O)c2ccccc2)cc1)C(F)(F)F.c1ccc(-c2ccccc2)cc1. The predicted octanol–water partition coefficient (Wildman–Crippen LogP) is 7.27. The number of aliphatic hydroxyl groups is 1. The van der Waals surface area contributed by atoms with E-state index in [0.717, 1.165) is 16.4 Å². The Balaban J connectivity index is 0.000000302.